The molecular weight excluding hydrogens is 883 g/mol. The molecular formula is C55H101NO13. The van der Waals surface area contributed by atoms with E-state index in [2.05, 4.69) is 43.5 Å². The highest BCUT2D eigenvalue weighted by Gasteiger charge is 2.51. The maximum Gasteiger partial charge on any atom is 0.220 e. The molecule has 12 unspecified atom stereocenters. The fourth-order valence-electron chi connectivity index (χ4n) is 9.03. The van der Waals surface area contributed by atoms with Crippen molar-refractivity contribution < 1.29 is 64.6 Å². The summed E-state index contributed by atoms with van der Waals surface area (Å²) < 4.78 is 22.7. The van der Waals surface area contributed by atoms with Gasteiger partial charge in [-0.15, -0.1) is 0 Å². The summed E-state index contributed by atoms with van der Waals surface area (Å²) in [5.74, 6) is -0.253. The molecule has 12 atom stereocenters. The molecule has 9 N–H and O–H groups in total. The standard InChI is InChI=1S/C55H101NO13/c1-3-5-7-9-11-13-15-17-19-20-21-22-23-24-25-26-28-30-32-34-36-38-44(59)43(56-47(60)39-37-35-33-31-29-27-18-16-14-12-10-8-6-4-2)42-66-54-52(65)50(63)53(46(41-58)68-54)69-55-51(64)49(62)48(61)45(40-57)67-55/h23-24,28,30,36,38,43-46,48-55,57-59,61-65H,3-22,25-27,29,31-35,37,39-42H2,1-2H3,(H,56,60)/b24-23+,30-28+,38-36+. The number of allylic oxidation sites excluding steroid dienone is 5. The Labute approximate surface area is 417 Å². The van der Waals surface area contributed by atoms with Crippen molar-refractivity contribution >= 4 is 5.91 Å². The Hall–Kier alpha value is -1.79. The highest BCUT2D eigenvalue weighted by molar-refractivity contribution is 5.76. The number of aliphatic hydroxyl groups is 8. The van der Waals surface area contributed by atoms with Crippen molar-refractivity contribution in [3.8, 4) is 0 Å². The molecule has 0 spiro atoms. The monoisotopic (exact) mass is 984 g/mol. The highest BCUT2D eigenvalue weighted by Crippen LogP contribution is 2.30. The lowest BCUT2D eigenvalue weighted by Gasteiger charge is -2.46. The van der Waals surface area contributed by atoms with Crippen LogP contribution in [0.3, 0.4) is 0 Å². The molecule has 0 aromatic carbocycles. The second-order valence-corrected chi connectivity index (χ2v) is 19.7. The number of aliphatic hydroxyl groups excluding tert-OH is 8. The summed E-state index contributed by atoms with van der Waals surface area (Å²) in [5, 5.41) is 86.9. The zero-order valence-corrected chi connectivity index (χ0v) is 43.1. The van der Waals surface area contributed by atoms with E-state index >= 15 is 0 Å². The van der Waals surface area contributed by atoms with Gasteiger partial charge in [-0.25, -0.2) is 0 Å². The molecule has 404 valence electrons. The molecule has 14 nitrogen and oxygen atoms in total. The number of hydrogen-bond donors (Lipinski definition) is 9. The number of nitrogens with one attached hydrogen (secondary N) is 1. The van der Waals surface area contributed by atoms with Crippen molar-refractivity contribution in [2.45, 2.75) is 286 Å². The van der Waals surface area contributed by atoms with Crippen molar-refractivity contribution in [3.05, 3.63) is 36.5 Å². The molecule has 2 rings (SSSR count). The van der Waals surface area contributed by atoms with Crippen molar-refractivity contribution in [1.82, 2.24) is 5.32 Å². The van der Waals surface area contributed by atoms with Gasteiger partial charge in [0.1, 0.15) is 48.8 Å². The molecule has 69 heavy (non-hydrogen) atoms. The SMILES string of the molecule is CCCCCCCCCCCCC/C=C/CC/C=C/CC/C=C/C(O)C(COC1OC(CO)C(OC2OC(CO)C(O)C(O)C2O)C(O)C1O)NC(=O)CCCCCCCCCCCCCCCC. The Morgan fingerprint density at radius 1 is 0.507 bits per heavy atom. The largest absolute Gasteiger partial charge is 0.394 e. The van der Waals surface area contributed by atoms with E-state index in [4.69, 9.17) is 18.9 Å². The molecule has 2 fully saturated rings. The van der Waals surface area contributed by atoms with E-state index in [-0.39, 0.29) is 18.9 Å². The van der Waals surface area contributed by atoms with E-state index in [9.17, 15) is 45.6 Å². The van der Waals surface area contributed by atoms with Crippen LogP contribution in [-0.2, 0) is 23.7 Å². The van der Waals surface area contributed by atoms with Gasteiger partial charge in [-0.05, 0) is 44.9 Å². The molecule has 2 heterocycles. The molecule has 0 bridgehead atoms. The summed E-state index contributed by atoms with van der Waals surface area (Å²) in [7, 11) is 0. The van der Waals surface area contributed by atoms with E-state index in [1.807, 2.05) is 6.08 Å². The second kappa shape index (κ2) is 41.7. The predicted molar refractivity (Wildman–Crippen MR) is 272 cm³/mol. The molecule has 2 saturated heterocycles. The van der Waals surface area contributed by atoms with Crippen LogP contribution in [0.15, 0.2) is 36.5 Å². The Kier molecular flexibility index (Phi) is 38.2. The lowest BCUT2D eigenvalue weighted by Crippen LogP contribution is -2.65. The normalized spacial score (nSPS) is 26.4. The van der Waals surface area contributed by atoms with Gasteiger partial charge in [-0.1, -0.05) is 198 Å². The van der Waals surface area contributed by atoms with Crippen molar-refractivity contribution in [2.75, 3.05) is 19.8 Å². The fourth-order valence-corrected chi connectivity index (χ4v) is 9.03. The van der Waals surface area contributed by atoms with Crippen LogP contribution in [0.25, 0.3) is 0 Å². The Balaban J connectivity index is 1.83. The summed E-state index contributed by atoms with van der Waals surface area (Å²) in [6.07, 6.45) is 31.8. The summed E-state index contributed by atoms with van der Waals surface area (Å²) in [6.45, 7) is 2.77. The van der Waals surface area contributed by atoms with E-state index < -0.39 is 86.8 Å². The number of unbranched alkanes of at least 4 members (excludes halogenated alkanes) is 26. The van der Waals surface area contributed by atoms with E-state index in [1.165, 1.54) is 135 Å². The number of amides is 1. The number of rotatable bonds is 43. The van der Waals surface area contributed by atoms with E-state index in [0.717, 1.165) is 44.9 Å². The van der Waals surface area contributed by atoms with Gasteiger partial charge in [0.2, 0.25) is 5.91 Å². The molecule has 0 saturated carbocycles. The molecule has 2 aliphatic heterocycles. The first kappa shape index (κ1) is 63.3. The van der Waals surface area contributed by atoms with Crippen LogP contribution in [0, 0.1) is 0 Å². The summed E-state index contributed by atoms with van der Waals surface area (Å²) in [5.41, 5.74) is 0. The maximum atomic E-state index is 13.2. The first-order valence-corrected chi connectivity index (χ1v) is 27.7. The van der Waals surface area contributed by atoms with Crippen molar-refractivity contribution in [1.29, 1.82) is 0 Å². The van der Waals surface area contributed by atoms with Crippen LogP contribution in [0.5, 0.6) is 0 Å². The Morgan fingerprint density at radius 2 is 0.928 bits per heavy atom. The van der Waals surface area contributed by atoms with E-state index in [1.54, 1.807) is 6.08 Å². The molecule has 1 amide bonds. The Morgan fingerprint density at radius 3 is 1.42 bits per heavy atom. The fraction of sp³-hybridized carbons (Fsp3) is 0.873. The zero-order chi connectivity index (χ0) is 50.3. The summed E-state index contributed by atoms with van der Waals surface area (Å²) >= 11 is 0. The van der Waals surface area contributed by atoms with Gasteiger partial charge < -0.3 is 65.1 Å². The molecule has 0 aromatic rings. The topological polar surface area (TPSA) is 228 Å². The van der Waals surface area contributed by atoms with Crippen LogP contribution in [0.2, 0.25) is 0 Å². The molecule has 0 radical (unpaired) electrons. The Bertz CT molecular complexity index is 1300. The minimum atomic E-state index is -1.79. The van der Waals surface area contributed by atoms with Crippen molar-refractivity contribution in [2.24, 2.45) is 0 Å². The minimum absolute atomic E-state index is 0.253. The molecule has 14 heteroatoms. The lowest BCUT2D eigenvalue weighted by atomic mass is 9.97. The molecule has 0 aromatic heterocycles. The average Bonchev–Trinajstić information content (AvgIpc) is 3.35. The van der Waals surface area contributed by atoms with Crippen LogP contribution in [0.1, 0.15) is 213 Å². The quantitative estimate of drug-likeness (QED) is 0.0207. The van der Waals surface area contributed by atoms with Crippen molar-refractivity contribution in [3.63, 3.8) is 0 Å². The highest BCUT2D eigenvalue weighted by atomic mass is 16.7. The average molecular weight is 984 g/mol. The minimum Gasteiger partial charge on any atom is -0.394 e. The van der Waals surface area contributed by atoms with Gasteiger partial charge in [0.05, 0.1) is 32.0 Å². The summed E-state index contributed by atoms with van der Waals surface area (Å²) in [4.78, 5) is 13.2. The third-order valence-electron chi connectivity index (χ3n) is 13.6. The zero-order valence-electron chi connectivity index (χ0n) is 43.1. The smallest absolute Gasteiger partial charge is 0.220 e. The van der Waals surface area contributed by atoms with Crippen LogP contribution in [-0.4, -0.2) is 140 Å². The van der Waals surface area contributed by atoms with Gasteiger partial charge >= 0.3 is 0 Å². The first-order chi connectivity index (χ1) is 33.6. The number of carbonyl (C=O) groups is 1. The second-order valence-electron chi connectivity index (χ2n) is 19.7. The number of hydrogen-bond acceptors (Lipinski definition) is 13. The predicted octanol–water partition coefficient (Wildman–Crippen LogP) is 8.27. The first-order valence-electron chi connectivity index (χ1n) is 27.7. The van der Waals surface area contributed by atoms with Crippen LogP contribution in [0.4, 0.5) is 0 Å². The lowest BCUT2D eigenvalue weighted by molar-refractivity contribution is -0.359. The molecule has 2 aliphatic rings. The van der Waals surface area contributed by atoms with Crippen LogP contribution < -0.4 is 5.32 Å². The number of carbonyl (C=O) groups excluding carboxylic acids is 1. The van der Waals surface area contributed by atoms with Gasteiger partial charge in [-0.3, -0.25) is 4.79 Å². The van der Waals surface area contributed by atoms with Gasteiger partial charge in [0.25, 0.3) is 0 Å². The number of ether oxygens (including phenoxy) is 4. The third kappa shape index (κ3) is 28.3. The van der Waals surface area contributed by atoms with Gasteiger partial charge in [0, 0.05) is 6.42 Å². The third-order valence-corrected chi connectivity index (χ3v) is 13.6. The van der Waals surface area contributed by atoms with Gasteiger partial charge in [0.15, 0.2) is 12.6 Å². The maximum absolute atomic E-state index is 13.2. The van der Waals surface area contributed by atoms with E-state index in [0.29, 0.717) is 12.8 Å². The summed E-state index contributed by atoms with van der Waals surface area (Å²) in [6, 6.07) is -0.934. The molecule has 0 aliphatic carbocycles. The van der Waals surface area contributed by atoms with Gasteiger partial charge in [-0.2, -0.15) is 0 Å². The van der Waals surface area contributed by atoms with Crippen LogP contribution >= 0.6 is 0 Å².